The van der Waals surface area contributed by atoms with Crippen LogP contribution in [-0.2, 0) is 32.7 Å². The highest BCUT2D eigenvalue weighted by molar-refractivity contribution is 7.47. The van der Waals surface area contributed by atoms with Crippen LogP contribution in [-0.4, -0.2) is 98.3 Å². The summed E-state index contributed by atoms with van der Waals surface area (Å²) in [5.41, 5.74) is 0. The van der Waals surface area contributed by atoms with E-state index in [-0.39, 0.29) is 12.8 Å². The molecule has 0 bridgehead atoms. The van der Waals surface area contributed by atoms with Gasteiger partial charge in [0.1, 0.15) is 43.2 Å². The van der Waals surface area contributed by atoms with Crippen LogP contribution < -0.4 is 0 Å². The molecule has 0 radical (unpaired) electrons. The molecule has 0 aromatic rings. The largest absolute Gasteiger partial charge is 0.472 e. The fraction of sp³-hybridized carbons (Fsp3) is 0.673. The molecule has 0 amide bonds. The van der Waals surface area contributed by atoms with Crippen LogP contribution >= 0.6 is 7.82 Å². The summed E-state index contributed by atoms with van der Waals surface area (Å²) in [4.78, 5) is 35.7. The van der Waals surface area contributed by atoms with Crippen LogP contribution in [0, 0.1) is 0 Å². The van der Waals surface area contributed by atoms with E-state index < -0.39 is 75.7 Å². The molecule has 1 fully saturated rings. The summed E-state index contributed by atoms with van der Waals surface area (Å²) in [6.07, 6.45) is 36.5. The van der Waals surface area contributed by atoms with Gasteiger partial charge in [-0.1, -0.05) is 150 Å². The van der Waals surface area contributed by atoms with E-state index in [9.17, 15) is 44.6 Å². The van der Waals surface area contributed by atoms with Crippen molar-refractivity contribution in [1.29, 1.82) is 0 Å². The highest BCUT2D eigenvalue weighted by Gasteiger charge is 2.51. The Hall–Kier alpha value is -2.97. The van der Waals surface area contributed by atoms with Crippen molar-refractivity contribution in [3.63, 3.8) is 0 Å². The van der Waals surface area contributed by atoms with Gasteiger partial charge in [0.05, 0.1) is 6.61 Å². The minimum atomic E-state index is -5.14. The summed E-state index contributed by atoms with van der Waals surface area (Å²) in [6.45, 7) is 3.09. The second kappa shape index (κ2) is 38.3. The molecular weight excluding hydrogens is 827 g/mol. The Morgan fingerprint density at radius 2 is 0.937 bits per heavy atom. The van der Waals surface area contributed by atoms with E-state index in [1.165, 1.54) is 25.7 Å². The zero-order valence-electron chi connectivity index (χ0n) is 38.1. The molecule has 0 aromatic carbocycles. The third kappa shape index (κ3) is 30.7. The first-order valence-corrected chi connectivity index (χ1v) is 24.9. The molecule has 6 unspecified atom stereocenters. The summed E-state index contributed by atoms with van der Waals surface area (Å²) < 4.78 is 33.4. The Balaban J connectivity index is 2.51. The number of carbonyl (C=O) groups excluding carboxylic acids is 2. The highest BCUT2D eigenvalue weighted by Crippen LogP contribution is 2.47. The fourth-order valence-electron chi connectivity index (χ4n) is 6.48. The molecule has 1 aliphatic carbocycles. The van der Waals surface area contributed by atoms with Crippen molar-refractivity contribution in [2.24, 2.45) is 0 Å². The molecule has 360 valence electrons. The van der Waals surface area contributed by atoms with Crippen LogP contribution in [0.2, 0.25) is 0 Å². The summed E-state index contributed by atoms with van der Waals surface area (Å²) in [7, 11) is -5.14. The first-order valence-electron chi connectivity index (χ1n) is 23.4. The number of carbonyl (C=O) groups is 2. The molecule has 0 heterocycles. The second-order valence-electron chi connectivity index (χ2n) is 15.9. The van der Waals surface area contributed by atoms with Gasteiger partial charge in [0.15, 0.2) is 6.10 Å². The van der Waals surface area contributed by atoms with E-state index in [1.54, 1.807) is 0 Å². The van der Waals surface area contributed by atoms with Crippen molar-refractivity contribution in [3.8, 4) is 0 Å². The maximum Gasteiger partial charge on any atom is 0.472 e. The number of rotatable bonds is 37. The Morgan fingerprint density at radius 3 is 1.44 bits per heavy atom. The number of phosphoric acid groups is 1. The molecule has 0 aromatic heterocycles. The van der Waals surface area contributed by atoms with Crippen molar-refractivity contribution in [1.82, 2.24) is 0 Å². The molecule has 8 atom stereocenters. The van der Waals surface area contributed by atoms with Crippen LogP contribution in [0.1, 0.15) is 155 Å². The quantitative estimate of drug-likeness (QED) is 0.0149. The first-order chi connectivity index (χ1) is 30.4. The van der Waals surface area contributed by atoms with E-state index in [4.69, 9.17) is 18.5 Å². The molecule has 0 aliphatic heterocycles. The van der Waals surface area contributed by atoms with Crippen LogP contribution in [0.3, 0.4) is 0 Å². The molecule has 1 rings (SSSR count). The van der Waals surface area contributed by atoms with Crippen molar-refractivity contribution in [2.75, 3.05) is 13.2 Å². The van der Waals surface area contributed by atoms with Gasteiger partial charge in [0, 0.05) is 12.8 Å². The lowest BCUT2D eigenvalue weighted by atomic mass is 9.85. The van der Waals surface area contributed by atoms with E-state index in [1.807, 2.05) is 18.2 Å². The Labute approximate surface area is 378 Å². The topological polar surface area (TPSA) is 210 Å². The monoisotopic (exact) mass is 909 g/mol. The van der Waals surface area contributed by atoms with Crippen molar-refractivity contribution in [3.05, 3.63) is 85.1 Å². The third-order valence-electron chi connectivity index (χ3n) is 10.2. The summed E-state index contributed by atoms with van der Waals surface area (Å²) in [5.74, 6) is -1.21. The predicted molar refractivity (Wildman–Crippen MR) is 248 cm³/mol. The van der Waals surface area contributed by atoms with E-state index in [0.717, 1.165) is 83.5 Å². The highest BCUT2D eigenvalue weighted by atomic mass is 31.2. The molecule has 13 nitrogen and oxygen atoms in total. The number of aliphatic hydroxyl groups is 5. The number of allylic oxidation sites excluding steroid dienone is 14. The molecular formula is C49H81O13P. The number of unbranched alkanes of at least 4 members (excludes halogenated alkanes) is 11. The smallest absolute Gasteiger partial charge is 0.462 e. The molecule has 0 saturated heterocycles. The molecule has 1 saturated carbocycles. The van der Waals surface area contributed by atoms with Crippen LogP contribution in [0.15, 0.2) is 85.1 Å². The Morgan fingerprint density at radius 1 is 0.508 bits per heavy atom. The lowest BCUT2D eigenvalue weighted by molar-refractivity contribution is -0.220. The van der Waals surface area contributed by atoms with Crippen LogP contribution in [0.5, 0.6) is 0 Å². The van der Waals surface area contributed by atoms with Gasteiger partial charge in [-0.2, -0.15) is 0 Å². The maximum absolute atomic E-state index is 12.8. The van der Waals surface area contributed by atoms with E-state index in [0.29, 0.717) is 19.3 Å². The van der Waals surface area contributed by atoms with Gasteiger partial charge in [-0.3, -0.25) is 18.6 Å². The number of aliphatic hydroxyl groups excluding tert-OH is 5. The summed E-state index contributed by atoms with van der Waals surface area (Å²) in [6, 6.07) is 0. The summed E-state index contributed by atoms with van der Waals surface area (Å²) >= 11 is 0. The zero-order chi connectivity index (χ0) is 46.4. The van der Waals surface area contributed by atoms with E-state index >= 15 is 0 Å². The third-order valence-corrected chi connectivity index (χ3v) is 11.2. The average Bonchev–Trinajstić information content (AvgIpc) is 3.26. The number of esters is 2. The van der Waals surface area contributed by atoms with Crippen molar-refractivity contribution < 1.29 is 63.1 Å². The maximum atomic E-state index is 12.8. The number of ether oxygens (including phenoxy) is 2. The normalized spacial score (nSPS) is 22.5. The van der Waals surface area contributed by atoms with Crippen molar-refractivity contribution in [2.45, 2.75) is 198 Å². The number of hydrogen-bond donors (Lipinski definition) is 6. The van der Waals surface area contributed by atoms with Gasteiger partial charge >= 0.3 is 19.8 Å². The van der Waals surface area contributed by atoms with E-state index in [2.05, 4.69) is 80.7 Å². The lowest BCUT2D eigenvalue weighted by Crippen LogP contribution is -2.64. The summed E-state index contributed by atoms with van der Waals surface area (Å²) in [5, 5.41) is 50.2. The van der Waals surface area contributed by atoms with Crippen LogP contribution in [0.4, 0.5) is 0 Å². The number of phosphoric ester groups is 1. The SMILES string of the molecule is CC/C=C/C/C=C/C/C=C/C/C=C/C/C=C/C/C=C/CCC(=O)OC[C@@H](COP(=O)(O)OC1C(O)C(O)C(O)[C@H](O)C1O)OC(=O)CCCCCCCCC/C=C/CCCCCC. The van der Waals surface area contributed by atoms with Gasteiger partial charge in [-0.15, -0.1) is 0 Å². The molecule has 63 heavy (non-hydrogen) atoms. The standard InChI is InChI=1S/C49H81O13P/c1-3-5-7-9-11-13-15-17-19-20-21-22-24-25-27-29-31-33-35-37-42(50)59-39-41(40-60-63(57,58)62-49-47(55)45(53)44(52)46(54)48(49)56)61-43(51)38-36-34-32-30-28-26-23-18-16-14-12-10-8-6-4-2/h5,7,11,13-14,16-17,19,21-22,25,27,31,33,41,44-49,52-56H,3-4,6,8-10,12,15,18,20,23-24,26,28-30,32,34-40H2,1-2H3,(H,57,58)/b7-5+,13-11+,16-14+,19-17+,22-21+,27-25+,33-31+/t41-,44?,45-,46?,47?,48?,49?/m0/s1. The Bertz CT molecular complexity index is 1420. The lowest BCUT2D eigenvalue weighted by Gasteiger charge is -2.41. The predicted octanol–water partition coefficient (Wildman–Crippen LogP) is 9.28. The zero-order valence-corrected chi connectivity index (χ0v) is 39.0. The van der Waals surface area contributed by atoms with Crippen molar-refractivity contribution >= 4 is 19.8 Å². The fourth-order valence-corrected chi connectivity index (χ4v) is 7.46. The number of hydrogen-bond acceptors (Lipinski definition) is 12. The molecule has 1 aliphatic rings. The Kier molecular flexibility index (Phi) is 35.3. The minimum absolute atomic E-state index is 0.0368. The van der Waals surface area contributed by atoms with Gasteiger partial charge < -0.3 is 39.9 Å². The second-order valence-corrected chi connectivity index (χ2v) is 17.3. The minimum Gasteiger partial charge on any atom is -0.462 e. The van der Waals surface area contributed by atoms with Gasteiger partial charge in [-0.25, -0.2) is 4.57 Å². The van der Waals surface area contributed by atoms with Gasteiger partial charge in [0.25, 0.3) is 0 Å². The van der Waals surface area contributed by atoms with Crippen LogP contribution in [0.25, 0.3) is 0 Å². The van der Waals surface area contributed by atoms with Gasteiger partial charge in [0.2, 0.25) is 0 Å². The molecule has 6 N–H and O–H groups in total. The first kappa shape index (κ1) is 58.0. The molecule has 14 heteroatoms. The molecule has 0 spiro atoms. The average molecular weight is 909 g/mol. The van der Waals surface area contributed by atoms with Gasteiger partial charge in [-0.05, 0) is 77.0 Å².